The number of thiazole rings is 1. The van der Waals surface area contributed by atoms with E-state index in [0.717, 1.165) is 60.9 Å². The maximum atomic E-state index is 13.3. The lowest BCUT2D eigenvalue weighted by Crippen LogP contribution is -2.36. The molecule has 0 saturated heterocycles. The second-order valence-electron chi connectivity index (χ2n) is 6.54. The predicted molar refractivity (Wildman–Crippen MR) is 108 cm³/mol. The molecular formula is C18H26N2O2S3. The number of aromatic nitrogens is 1. The molecule has 138 valence electrons. The summed E-state index contributed by atoms with van der Waals surface area (Å²) in [4.78, 5) is 4.42. The van der Waals surface area contributed by atoms with Crippen LogP contribution in [-0.4, -0.2) is 28.9 Å². The highest BCUT2D eigenvalue weighted by Crippen LogP contribution is 2.36. The van der Waals surface area contributed by atoms with Gasteiger partial charge in [-0.1, -0.05) is 63.1 Å². The number of hydrogen-bond acceptors (Lipinski definition) is 5. The second kappa shape index (κ2) is 8.84. The van der Waals surface area contributed by atoms with Crippen LogP contribution in [-0.2, 0) is 10.0 Å². The fourth-order valence-electron chi connectivity index (χ4n) is 3.21. The van der Waals surface area contributed by atoms with Crippen LogP contribution in [0.3, 0.4) is 0 Å². The van der Waals surface area contributed by atoms with Gasteiger partial charge in [0.05, 0.1) is 10.2 Å². The van der Waals surface area contributed by atoms with Crippen LogP contribution in [0.4, 0.5) is 0 Å². The van der Waals surface area contributed by atoms with Crippen molar-refractivity contribution in [2.45, 2.75) is 68.7 Å². The summed E-state index contributed by atoms with van der Waals surface area (Å²) in [5.74, 6) is 0.856. The van der Waals surface area contributed by atoms with Gasteiger partial charge in [-0.05, 0) is 31.4 Å². The lowest BCUT2D eigenvalue weighted by atomic mass is 9.96. The maximum Gasteiger partial charge on any atom is 0.279 e. The molecule has 1 fully saturated rings. The summed E-state index contributed by atoms with van der Waals surface area (Å²) in [6, 6.07) is 7.75. The van der Waals surface area contributed by atoms with Gasteiger partial charge in [0, 0.05) is 11.8 Å². The number of rotatable bonds is 8. The topological polar surface area (TPSA) is 50.3 Å². The van der Waals surface area contributed by atoms with E-state index in [4.69, 9.17) is 0 Å². The van der Waals surface area contributed by atoms with Crippen molar-refractivity contribution >= 4 is 43.5 Å². The van der Waals surface area contributed by atoms with Crippen LogP contribution in [0.2, 0.25) is 0 Å². The first-order valence-electron chi connectivity index (χ1n) is 9.16. The van der Waals surface area contributed by atoms with Crippen LogP contribution >= 0.6 is 23.3 Å². The molecule has 4 nitrogen and oxygen atoms in total. The molecule has 1 heterocycles. The van der Waals surface area contributed by atoms with Crippen LogP contribution in [0.15, 0.2) is 28.6 Å². The Bertz CT molecular complexity index is 749. The van der Waals surface area contributed by atoms with Gasteiger partial charge in [-0.2, -0.15) is 0 Å². The highest BCUT2D eigenvalue weighted by molar-refractivity contribution is 8.09. The molecule has 0 N–H and O–H groups in total. The van der Waals surface area contributed by atoms with E-state index in [1.54, 1.807) is 3.71 Å². The van der Waals surface area contributed by atoms with E-state index in [0.29, 0.717) is 0 Å². The average Bonchev–Trinajstić information content (AvgIpc) is 3.07. The first kappa shape index (κ1) is 19.1. The smallest absolute Gasteiger partial charge is 0.224 e. The van der Waals surface area contributed by atoms with Crippen molar-refractivity contribution in [3.8, 4) is 0 Å². The number of nitrogens with zero attached hydrogens (tertiary/aromatic N) is 2. The van der Waals surface area contributed by atoms with Crippen LogP contribution in [0.25, 0.3) is 10.2 Å². The molecule has 7 heteroatoms. The number of para-hydroxylation sites is 1. The molecule has 0 aliphatic heterocycles. The molecule has 25 heavy (non-hydrogen) atoms. The third kappa shape index (κ3) is 4.56. The Kier molecular flexibility index (Phi) is 6.77. The molecule has 1 aliphatic carbocycles. The van der Waals surface area contributed by atoms with Gasteiger partial charge in [-0.15, -0.1) is 15.0 Å². The molecule has 1 saturated carbocycles. The number of hydrogen-bond donors (Lipinski definition) is 0. The average molecular weight is 399 g/mol. The third-order valence-corrected chi connectivity index (χ3v) is 9.52. The molecule has 1 aromatic carbocycles. The largest absolute Gasteiger partial charge is 0.279 e. The summed E-state index contributed by atoms with van der Waals surface area (Å²) >= 11 is 2.78. The second-order valence-corrected chi connectivity index (χ2v) is 10.9. The van der Waals surface area contributed by atoms with Gasteiger partial charge in [-0.3, -0.25) is 0 Å². The molecule has 1 aromatic heterocycles. The Hall–Kier alpha value is -0.630. The van der Waals surface area contributed by atoms with Crippen molar-refractivity contribution in [1.29, 1.82) is 0 Å². The van der Waals surface area contributed by atoms with Crippen LogP contribution in [0.5, 0.6) is 0 Å². The Labute approximate surface area is 159 Å². The Morgan fingerprint density at radius 3 is 2.68 bits per heavy atom. The van der Waals surface area contributed by atoms with Crippen molar-refractivity contribution in [3.05, 3.63) is 24.3 Å². The quantitative estimate of drug-likeness (QED) is 0.438. The maximum absolute atomic E-state index is 13.3. The first-order chi connectivity index (χ1) is 12.1. The Balaban J connectivity index is 1.86. The lowest BCUT2D eigenvalue weighted by molar-refractivity contribution is 0.345. The van der Waals surface area contributed by atoms with E-state index in [-0.39, 0.29) is 10.4 Å². The molecule has 0 amide bonds. The van der Waals surface area contributed by atoms with Crippen LogP contribution < -0.4 is 0 Å². The monoisotopic (exact) mass is 398 g/mol. The molecule has 0 bridgehead atoms. The normalized spacial score (nSPS) is 16.7. The minimum atomic E-state index is -3.55. The molecular weight excluding hydrogens is 372 g/mol. The van der Waals surface area contributed by atoms with Gasteiger partial charge in [-0.25, -0.2) is 13.4 Å². The number of unbranched alkanes of at least 4 members (excludes halogenated alkanes) is 2. The number of benzene rings is 1. The van der Waals surface area contributed by atoms with Crippen LogP contribution in [0, 0.1) is 0 Å². The molecule has 1 aliphatic rings. The summed E-state index contributed by atoms with van der Waals surface area (Å²) in [6.45, 7) is 2.17. The minimum absolute atomic E-state index is 0.109. The van der Waals surface area contributed by atoms with E-state index in [9.17, 15) is 8.42 Å². The lowest BCUT2D eigenvalue weighted by Gasteiger charge is -2.31. The van der Waals surface area contributed by atoms with Gasteiger partial charge in [0.2, 0.25) is 4.34 Å². The first-order valence-corrected chi connectivity index (χ1v) is 12.4. The summed E-state index contributed by atoms with van der Waals surface area (Å²) in [5, 5.41) is 0. The minimum Gasteiger partial charge on any atom is -0.224 e. The molecule has 0 spiro atoms. The SMILES string of the molecule is CCCCCSN(C1CCCCC1)S(=O)(=O)c1nc2ccccc2s1. The zero-order chi connectivity index (χ0) is 17.7. The van der Waals surface area contributed by atoms with Crippen molar-refractivity contribution in [2.24, 2.45) is 0 Å². The summed E-state index contributed by atoms with van der Waals surface area (Å²) in [5.41, 5.74) is 0.769. The van der Waals surface area contributed by atoms with Gasteiger partial charge < -0.3 is 0 Å². The van der Waals surface area contributed by atoms with Crippen molar-refractivity contribution < 1.29 is 8.42 Å². The Morgan fingerprint density at radius 1 is 1.20 bits per heavy atom. The number of sulfonamides is 1. The van der Waals surface area contributed by atoms with E-state index < -0.39 is 10.0 Å². The molecule has 0 unspecified atom stereocenters. The molecule has 0 radical (unpaired) electrons. The molecule has 3 rings (SSSR count). The fourth-order valence-corrected chi connectivity index (χ4v) is 7.87. The molecule has 0 atom stereocenters. The predicted octanol–water partition coefficient (Wildman–Crippen LogP) is 5.46. The van der Waals surface area contributed by atoms with Gasteiger partial charge in [0.15, 0.2) is 0 Å². The van der Waals surface area contributed by atoms with E-state index in [2.05, 4.69) is 11.9 Å². The summed E-state index contributed by atoms with van der Waals surface area (Å²) < 4.78 is 29.5. The van der Waals surface area contributed by atoms with Crippen LogP contribution in [0.1, 0.15) is 58.3 Å². The molecule has 2 aromatic rings. The summed E-state index contributed by atoms with van der Waals surface area (Å²) in [7, 11) is -3.55. The zero-order valence-corrected chi connectivity index (χ0v) is 17.1. The van der Waals surface area contributed by atoms with Gasteiger partial charge in [0.25, 0.3) is 10.0 Å². The fraction of sp³-hybridized carbons (Fsp3) is 0.611. The van der Waals surface area contributed by atoms with Crippen molar-refractivity contribution in [1.82, 2.24) is 8.69 Å². The van der Waals surface area contributed by atoms with Gasteiger partial charge in [0.1, 0.15) is 0 Å². The number of fused-ring (bicyclic) bond motifs is 1. The van der Waals surface area contributed by atoms with E-state index >= 15 is 0 Å². The third-order valence-electron chi connectivity index (χ3n) is 4.57. The zero-order valence-electron chi connectivity index (χ0n) is 14.7. The van der Waals surface area contributed by atoms with Gasteiger partial charge >= 0.3 is 0 Å². The summed E-state index contributed by atoms with van der Waals surface area (Å²) in [6.07, 6.45) is 8.72. The van der Waals surface area contributed by atoms with E-state index in [1.165, 1.54) is 29.7 Å². The van der Waals surface area contributed by atoms with E-state index in [1.807, 2.05) is 24.3 Å². The van der Waals surface area contributed by atoms with Crippen molar-refractivity contribution in [3.63, 3.8) is 0 Å². The highest BCUT2D eigenvalue weighted by atomic mass is 32.3. The Morgan fingerprint density at radius 2 is 1.96 bits per heavy atom. The standard InChI is InChI=1S/C18H26N2O2S3/c1-2-3-9-14-23-20(15-10-5-4-6-11-15)25(21,22)18-19-16-12-7-8-13-17(16)24-18/h7-8,12-13,15H,2-6,9-11,14H2,1H3. The highest BCUT2D eigenvalue weighted by Gasteiger charge is 2.35. The van der Waals surface area contributed by atoms with Crippen molar-refractivity contribution in [2.75, 3.05) is 5.75 Å².